The van der Waals surface area contributed by atoms with Crippen LogP contribution in [0.1, 0.15) is 19.7 Å². The first kappa shape index (κ1) is 29.5. The van der Waals surface area contributed by atoms with Gasteiger partial charge in [0.2, 0.25) is 17.1 Å². The number of hydrogen-bond acceptors (Lipinski definition) is 13. The number of thioether (sulfide) groups is 3. The molecule has 5 rings (SSSR count). The van der Waals surface area contributed by atoms with Crippen molar-refractivity contribution in [3.63, 3.8) is 0 Å². The van der Waals surface area contributed by atoms with Gasteiger partial charge in [-0.3, -0.25) is 24.0 Å². The summed E-state index contributed by atoms with van der Waals surface area (Å²) in [5.41, 5.74) is 3.33. The number of rotatable bonds is 9. The highest BCUT2D eigenvalue weighted by Crippen LogP contribution is 2.45. The van der Waals surface area contributed by atoms with Gasteiger partial charge in [0.1, 0.15) is 30.2 Å². The normalized spacial score (nSPS) is 24.6. The van der Waals surface area contributed by atoms with Gasteiger partial charge in [0.05, 0.1) is 18.8 Å². The number of carboxylic acid groups (broad SMARTS) is 2. The lowest BCUT2D eigenvalue weighted by Crippen LogP contribution is -2.71. The average Bonchev–Trinajstić information content (AvgIpc) is 3.51. The second-order valence-corrected chi connectivity index (χ2v) is 14.3. The number of anilines is 1. The highest BCUT2D eigenvalue weighted by atomic mass is 32.2. The van der Waals surface area contributed by atoms with Crippen LogP contribution in [0.2, 0.25) is 0 Å². The number of aromatic nitrogens is 2. The number of carbonyl (C=O) groups excluding carboxylic acids is 2. The average molecular weight is 644 g/mol. The Morgan fingerprint density at radius 1 is 1.29 bits per heavy atom. The van der Waals surface area contributed by atoms with Crippen LogP contribution in [-0.2, 0) is 24.0 Å². The second kappa shape index (κ2) is 11.3. The van der Waals surface area contributed by atoms with Gasteiger partial charge in [-0.2, -0.15) is 9.36 Å². The summed E-state index contributed by atoms with van der Waals surface area (Å²) in [5.74, 6) is -2.79. The van der Waals surface area contributed by atoms with Crippen LogP contribution in [0.4, 0.5) is 5.13 Å². The third kappa shape index (κ3) is 5.71. The number of aliphatic carboxylic acids is 2. The molecule has 1 aromatic rings. The minimum atomic E-state index is -1.77. The van der Waals surface area contributed by atoms with E-state index in [0.29, 0.717) is 10.7 Å². The van der Waals surface area contributed by atoms with E-state index in [9.17, 15) is 29.4 Å². The first-order valence-electron chi connectivity index (χ1n) is 12.3. The molecule has 41 heavy (non-hydrogen) atoms. The molecule has 0 unspecified atom stereocenters. The van der Waals surface area contributed by atoms with Crippen LogP contribution in [0.5, 0.6) is 0 Å². The van der Waals surface area contributed by atoms with E-state index in [2.05, 4.69) is 36.4 Å². The zero-order chi connectivity index (χ0) is 29.6. The number of nitrogens with two attached hydrogens (primary N) is 1. The molecule has 220 valence electrons. The zero-order valence-corrected chi connectivity index (χ0v) is 25.4. The molecule has 3 fully saturated rings. The van der Waals surface area contributed by atoms with Crippen molar-refractivity contribution in [2.45, 2.75) is 36.1 Å². The molecule has 0 bridgehead atoms. The van der Waals surface area contributed by atoms with Gasteiger partial charge in [0.15, 0.2) is 5.13 Å². The third-order valence-corrected chi connectivity index (χ3v) is 11.1. The summed E-state index contributed by atoms with van der Waals surface area (Å²) in [7, 11) is 2.06. The summed E-state index contributed by atoms with van der Waals surface area (Å²) in [6, 6.07) is -1.05. The van der Waals surface area contributed by atoms with E-state index in [0.717, 1.165) is 36.9 Å². The van der Waals surface area contributed by atoms with Gasteiger partial charge in [0.25, 0.3) is 11.8 Å². The van der Waals surface area contributed by atoms with E-state index in [1.54, 1.807) is 0 Å². The quantitative estimate of drug-likeness (QED) is 0.117. The molecule has 19 heteroatoms. The van der Waals surface area contributed by atoms with Crippen molar-refractivity contribution < 1.29 is 38.8 Å². The lowest BCUT2D eigenvalue weighted by molar-refractivity contribution is -0.580. The number of β-lactam (4-membered cyclic amide) rings is 1. The fourth-order valence-corrected chi connectivity index (χ4v) is 8.79. The molecule has 1 aromatic heterocycles. The second-order valence-electron chi connectivity index (χ2n) is 9.94. The number of oxime groups is 1. The Hall–Kier alpha value is -3.03. The van der Waals surface area contributed by atoms with Crippen molar-refractivity contribution in [1.29, 1.82) is 0 Å². The Morgan fingerprint density at radius 3 is 2.61 bits per heavy atom. The fraction of sp³-hybridized carbons (Fsp3) is 0.545. The molecule has 2 amide bonds. The van der Waals surface area contributed by atoms with Crippen molar-refractivity contribution >= 4 is 86.6 Å². The van der Waals surface area contributed by atoms with Gasteiger partial charge in [-0.05, 0) is 25.6 Å². The molecule has 0 radical (unpaired) electrons. The van der Waals surface area contributed by atoms with Crippen molar-refractivity contribution in [2.75, 3.05) is 43.9 Å². The number of nitrogens with one attached hydrogen (secondary N) is 1. The zero-order valence-electron chi connectivity index (χ0n) is 22.1. The number of amidine groups is 1. The van der Waals surface area contributed by atoms with Gasteiger partial charge < -0.3 is 26.1 Å². The van der Waals surface area contributed by atoms with Gasteiger partial charge in [0, 0.05) is 27.9 Å². The molecule has 0 aliphatic carbocycles. The first-order chi connectivity index (χ1) is 19.4. The number of carbonyl (C=O) groups is 4. The van der Waals surface area contributed by atoms with Crippen LogP contribution in [-0.4, -0.2) is 129 Å². The number of carboxylic acids is 2. The van der Waals surface area contributed by atoms with Crippen LogP contribution >= 0.6 is 46.8 Å². The fourth-order valence-electron chi connectivity index (χ4n) is 4.29. The Labute approximate surface area is 250 Å². The molecule has 2 atom stereocenters. The molecule has 0 aromatic carbocycles. The third-order valence-electron chi connectivity index (χ3n) is 6.58. The Balaban J connectivity index is 1.29. The molecule has 4 aliphatic heterocycles. The highest BCUT2D eigenvalue weighted by molar-refractivity contribution is 8.13. The summed E-state index contributed by atoms with van der Waals surface area (Å²) in [6.45, 7) is 5.08. The smallest absolute Gasteiger partial charge is 0.353 e. The highest BCUT2D eigenvalue weighted by Gasteiger charge is 2.55. The monoisotopic (exact) mass is 643 g/mol. The number of amides is 2. The van der Waals surface area contributed by atoms with E-state index in [1.165, 1.54) is 47.4 Å². The van der Waals surface area contributed by atoms with Crippen LogP contribution in [0.25, 0.3) is 0 Å². The topological polar surface area (TPSA) is 204 Å². The Kier molecular flexibility index (Phi) is 8.14. The molecule has 3 saturated heterocycles. The molecular formula is C22H27N8O7S4+. The number of nitrogens with zero attached hydrogens (tertiary/aromatic N) is 6. The maximum Gasteiger partial charge on any atom is 0.353 e. The van der Waals surface area contributed by atoms with E-state index >= 15 is 0 Å². The minimum absolute atomic E-state index is 0.0372. The van der Waals surface area contributed by atoms with Gasteiger partial charge >= 0.3 is 17.1 Å². The Bertz CT molecular complexity index is 1400. The molecule has 5 heterocycles. The summed E-state index contributed by atoms with van der Waals surface area (Å²) in [6.07, 6.45) is 0. The number of fused-ring (bicyclic) bond motifs is 1. The predicted octanol–water partition coefficient (Wildman–Crippen LogP) is -0.437. The van der Waals surface area contributed by atoms with E-state index < -0.39 is 46.5 Å². The van der Waals surface area contributed by atoms with Crippen molar-refractivity contribution in [3.05, 3.63) is 16.4 Å². The van der Waals surface area contributed by atoms with Crippen LogP contribution < -0.4 is 11.1 Å². The van der Waals surface area contributed by atoms with Gasteiger partial charge in [-0.25, -0.2) is 9.59 Å². The van der Waals surface area contributed by atoms with Crippen molar-refractivity contribution in [1.82, 2.24) is 24.5 Å². The molecule has 0 saturated carbocycles. The first-order valence-corrected chi connectivity index (χ1v) is 16.0. The number of hydrogen-bond donors (Lipinski definition) is 4. The van der Waals surface area contributed by atoms with Crippen LogP contribution in [0.15, 0.2) is 15.8 Å². The molecule has 4 aliphatic rings. The predicted molar refractivity (Wildman–Crippen MR) is 155 cm³/mol. The van der Waals surface area contributed by atoms with Gasteiger partial charge in [-0.1, -0.05) is 5.16 Å². The standard InChI is InChI=1S/C22H26N8O7S4/c1-22(2,19(35)36)37-26-11(14-25-20(23)41-27-14)15(31)24-12-16(32)30-13(18(33)34)10(8-39-17(12)30)40-9-6-29(7-9)21-28(3)4-5-38-21/h9,12,17H,4-8H2,1-3H3,(H4-,23,24,25,27,31,33,34,35,36)/p+1/b26-11-/t12-,17-/m1/s1. The lowest BCUT2D eigenvalue weighted by atomic mass is 10.0. The van der Waals surface area contributed by atoms with Crippen LogP contribution in [0.3, 0.4) is 0 Å². The van der Waals surface area contributed by atoms with Crippen molar-refractivity contribution in [3.8, 4) is 0 Å². The summed E-state index contributed by atoms with van der Waals surface area (Å²) in [4.78, 5) is 63.1. The van der Waals surface area contributed by atoms with E-state index in [4.69, 9.17) is 10.6 Å². The van der Waals surface area contributed by atoms with E-state index in [-0.39, 0.29) is 21.9 Å². The Morgan fingerprint density at radius 2 is 2.02 bits per heavy atom. The summed E-state index contributed by atoms with van der Waals surface area (Å²) >= 11 is 5.44. The molecule has 5 N–H and O–H groups in total. The summed E-state index contributed by atoms with van der Waals surface area (Å²) < 4.78 is 6.22. The SMILES string of the molecule is CN1CCSC1=[N+]1CC(SC2=C(C(=O)O)N3C(=O)[C@@H](NC(=O)/C(=N\OC(C)(C)C(=O)O)c4nsc(N)n4)[C@H]3SC2)C1. The maximum absolute atomic E-state index is 13.2. The van der Waals surface area contributed by atoms with Crippen molar-refractivity contribution in [2.24, 2.45) is 5.16 Å². The molecular weight excluding hydrogens is 617 g/mol. The largest absolute Gasteiger partial charge is 0.478 e. The van der Waals surface area contributed by atoms with Gasteiger partial charge in [-0.15, -0.1) is 23.5 Å². The van der Waals surface area contributed by atoms with Crippen LogP contribution in [0, 0.1) is 0 Å². The lowest BCUT2D eigenvalue weighted by Gasteiger charge is -2.49. The van der Waals surface area contributed by atoms with E-state index in [1.807, 2.05) is 11.8 Å². The maximum atomic E-state index is 13.2. The summed E-state index contributed by atoms with van der Waals surface area (Å²) in [5, 5.41) is 26.4. The number of nitrogen functional groups attached to an aromatic ring is 1. The minimum Gasteiger partial charge on any atom is -0.478 e. The molecule has 15 nitrogen and oxygen atoms in total. The molecule has 0 spiro atoms.